The number of rotatable bonds is 4. The molecule has 4 N–H and O–H groups in total. The first-order valence-corrected chi connectivity index (χ1v) is 18.9. The van der Waals surface area contributed by atoms with E-state index >= 15 is 0 Å². The average molecular weight is 769 g/mol. The number of aliphatic hydroxyl groups excluding tert-OH is 1. The molecular formula is C40H35Cl2N5O7. The van der Waals surface area contributed by atoms with E-state index in [0.717, 1.165) is 33.5 Å². The molecule has 5 aliphatic heterocycles. The summed E-state index contributed by atoms with van der Waals surface area (Å²) in [5.41, 5.74) is 4.06. The van der Waals surface area contributed by atoms with E-state index in [0.29, 0.717) is 28.6 Å². The highest BCUT2D eigenvalue weighted by atomic mass is 35.5. The second-order valence-electron chi connectivity index (χ2n) is 15.3. The van der Waals surface area contributed by atoms with Crippen LogP contribution in [-0.4, -0.2) is 50.8 Å². The van der Waals surface area contributed by atoms with Crippen LogP contribution in [0.1, 0.15) is 79.3 Å². The Kier molecular flexibility index (Phi) is 7.28. The predicted molar refractivity (Wildman–Crippen MR) is 198 cm³/mol. The first-order chi connectivity index (χ1) is 25.9. The maximum atomic E-state index is 14.2. The van der Waals surface area contributed by atoms with Crippen molar-refractivity contribution in [3.8, 4) is 34.2 Å². The fourth-order valence-electron chi connectivity index (χ4n) is 8.64. The number of ether oxygens (including phenoxy) is 2. The number of nitrogens with zero attached hydrogens (tertiary/aromatic N) is 2. The van der Waals surface area contributed by atoms with Gasteiger partial charge in [0.15, 0.2) is 27.8 Å². The summed E-state index contributed by atoms with van der Waals surface area (Å²) in [5.74, 6) is -0.0482. The van der Waals surface area contributed by atoms with Gasteiger partial charge in [-0.05, 0) is 40.7 Å². The molecule has 10 bridgehead atoms. The predicted octanol–water partition coefficient (Wildman–Crippen LogP) is 6.40. The number of para-hydroxylation sites is 1. The second kappa shape index (κ2) is 11.7. The van der Waals surface area contributed by atoms with Gasteiger partial charge >= 0.3 is 0 Å². The highest BCUT2D eigenvalue weighted by Crippen LogP contribution is 2.63. The molecule has 3 aromatic carbocycles. The lowest BCUT2D eigenvalue weighted by Gasteiger charge is -2.28. The SMILES string of the molecule is CC(C)[C@H](O)C(=O)N[C@H]1Cc2ccc3c(c2)C24c5cccc(c5OC2O3)-c2cccc3c2C(c2oc(nc2Cl)-c2nc(oc24)[C@H](C(C)C)NC1=O)C(Cl)N3. The molecule has 54 heavy (non-hydrogen) atoms. The van der Waals surface area contributed by atoms with E-state index in [1.54, 1.807) is 13.8 Å². The number of alkyl halides is 1. The zero-order valence-electron chi connectivity index (χ0n) is 29.6. The van der Waals surface area contributed by atoms with Gasteiger partial charge in [0.2, 0.25) is 17.7 Å². The molecule has 7 atom stereocenters. The van der Waals surface area contributed by atoms with E-state index in [2.05, 4.69) is 16.0 Å². The lowest BCUT2D eigenvalue weighted by molar-refractivity contribution is -0.135. The number of fused-ring (bicyclic) bond motifs is 7. The van der Waals surface area contributed by atoms with Crippen molar-refractivity contribution in [2.24, 2.45) is 11.8 Å². The molecule has 2 aromatic heterocycles. The molecule has 0 saturated carbocycles. The third-order valence-corrected chi connectivity index (χ3v) is 11.9. The molecule has 0 saturated heterocycles. The Hall–Kier alpha value is -5.04. The quantitative estimate of drug-likeness (QED) is 0.119. The molecule has 14 heteroatoms. The van der Waals surface area contributed by atoms with Crippen LogP contribution in [0.2, 0.25) is 5.15 Å². The van der Waals surface area contributed by atoms with Gasteiger partial charge in [-0.15, -0.1) is 0 Å². The first-order valence-electron chi connectivity index (χ1n) is 18.1. The Morgan fingerprint density at radius 2 is 1.80 bits per heavy atom. The molecule has 276 valence electrons. The van der Waals surface area contributed by atoms with Crippen molar-refractivity contribution in [2.75, 3.05) is 5.32 Å². The minimum absolute atomic E-state index is 0.106. The standard InChI is InChI=1S/C40H35Cl2N5O7/c1-15(2)27-37-46-28-32(54-37)40-20-9-5-8-19(18-7-6-10-22-25(18)26(33(41)43-22)31-34(42)47-38(28)52-31)30(20)53-39(40)51-24-12-11-17(13-21(24)40)14-23(35(49)45-27)44-36(50)29(48)16(3)4/h5-13,15-16,23,26-27,29,33,39,43,48H,14H2,1-4H3,(H,44,50)(H,45,49)/t23-,26?,27-,29-,33?,39?,40?/m0/s1. The number of anilines is 1. The van der Waals surface area contributed by atoms with Crippen LogP contribution in [0.5, 0.6) is 11.5 Å². The number of hydrogen-bond acceptors (Lipinski definition) is 10. The number of hydrogen-bond donors (Lipinski definition) is 4. The van der Waals surface area contributed by atoms with Gasteiger partial charge in [-0.25, -0.2) is 4.98 Å². The van der Waals surface area contributed by atoms with Crippen LogP contribution >= 0.6 is 23.2 Å². The molecule has 10 rings (SSSR count). The van der Waals surface area contributed by atoms with E-state index in [4.69, 9.17) is 51.5 Å². The van der Waals surface area contributed by atoms with Crippen molar-refractivity contribution in [3.63, 3.8) is 0 Å². The molecule has 2 amide bonds. The number of carbonyl (C=O) groups excluding carboxylic acids is 2. The number of aromatic nitrogens is 2. The number of benzene rings is 3. The Balaban J connectivity index is 1.28. The zero-order chi connectivity index (χ0) is 37.4. The van der Waals surface area contributed by atoms with Gasteiger partial charge in [-0.1, -0.05) is 93.4 Å². The maximum absolute atomic E-state index is 14.2. The van der Waals surface area contributed by atoms with Crippen LogP contribution < -0.4 is 25.4 Å². The third-order valence-electron chi connectivity index (χ3n) is 11.3. The summed E-state index contributed by atoms with van der Waals surface area (Å²) in [6, 6.07) is 15.8. The second-order valence-corrected chi connectivity index (χ2v) is 16.1. The number of amides is 2. The molecule has 5 aromatic rings. The fraction of sp³-hybridized carbons (Fsp3) is 0.350. The number of aliphatic hydroxyl groups is 1. The summed E-state index contributed by atoms with van der Waals surface area (Å²) in [5, 5.41) is 20.0. The van der Waals surface area contributed by atoms with Crippen LogP contribution in [0.15, 0.2) is 63.4 Å². The van der Waals surface area contributed by atoms with Crippen LogP contribution in [0, 0.1) is 11.8 Å². The van der Waals surface area contributed by atoms with E-state index in [-0.39, 0.29) is 40.9 Å². The molecular weight excluding hydrogens is 733 g/mol. The maximum Gasteiger partial charge on any atom is 0.262 e. The first kappa shape index (κ1) is 33.5. The van der Waals surface area contributed by atoms with Crippen LogP contribution in [0.4, 0.5) is 5.69 Å². The largest absolute Gasteiger partial charge is 0.453 e. The van der Waals surface area contributed by atoms with Crippen molar-refractivity contribution >= 4 is 40.7 Å². The summed E-state index contributed by atoms with van der Waals surface area (Å²) < 4.78 is 27.2. The minimum atomic E-state index is -1.30. The average Bonchev–Trinajstić information content (AvgIpc) is 3.94. The number of oxazole rings is 2. The van der Waals surface area contributed by atoms with E-state index < -0.39 is 53.1 Å². The highest BCUT2D eigenvalue weighted by Gasteiger charge is 2.64. The number of halogens is 2. The van der Waals surface area contributed by atoms with E-state index in [1.165, 1.54) is 0 Å². The monoisotopic (exact) mass is 767 g/mol. The summed E-state index contributed by atoms with van der Waals surface area (Å²) in [6.07, 6.45) is -2.12. The smallest absolute Gasteiger partial charge is 0.262 e. The van der Waals surface area contributed by atoms with Crippen molar-refractivity contribution in [1.29, 1.82) is 0 Å². The van der Waals surface area contributed by atoms with Crippen molar-refractivity contribution in [3.05, 3.63) is 99.4 Å². The minimum Gasteiger partial charge on any atom is -0.453 e. The van der Waals surface area contributed by atoms with Gasteiger partial charge in [0.1, 0.15) is 35.2 Å². The molecule has 7 heterocycles. The van der Waals surface area contributed by atoms with Crippen molar-refractivity contribution < 1.29 is 33.0 Å². The lowest BCUT2D eigenvalue weighted by Crippen LogP contribution is -2.52. The van der Waals surface area contributed by atoms with Crippen LogP contribution in [0.25, 0.3) is 22.7 Å². The van der Waals surface area contributed by atoms with Gasteiger partial charge in [0.25, 0.3) is 12.2 Å². The van der Waals surface area contributed by atoms with Crippen LogP contribution in [-0.2, 0) is 21.4 Å². The zero-order valence-corrected chi connectivity index (χ0v) is 31.1. The van der Waals surface area contributed by atoms with Gasteiger partial charge in [0.05, 0.1) is 5.92 Å². The fourth-order valence-corrected chi connectivity index (χ4v) is 9.23. The van der Waals surface area contributed by atoms with Gasteiger partial charge in [0, 0.05) is 28.8 Å². The molecule has 0 radical (unpaired) electrons. The summed E-state index contributed by atoms with van der Waals surface area (Å²) in [4.78, 5) is 37.2. The molecule has 4 unspecified atom stereocenters. The molecule has 0 fully saturated rings. The topological polar surface area (TPSA) is 161 Å². The number of nitrogens with one attached hydrogen (secondary N) is 3. The highest BCUT2D eigenvalue weighted by molar-refractivity contribution is 6.30. The Bertz CT molecular complexity index is 2420. The van der Waals surface area contributed by atoms with Gasteiger partial charge in [-0.3, -0.25) is 9.59 Å². The Labute approximate surface area is 319 Å². The van der Waals surface area contributed by atoms with Gasteiger partial charge in [-0.2, -0.15) is 4.98 Å². The number of carbonyl (C=O) groups is 2. The van der Waals surface area contributed by atoms with Gasteiger partial charge < -0.3 is 39.4 Å². The summed E-state index contributed by atoms with van der Waals surface area (Å²) in [6.45, 7) is 7.34. The van der Waals surface area contributed by atoms with E-state index in [1.807, 2.05) is 68.4 Å². The normalized spacial score (nSPS) is 25.7. The molecule has 0 aliphatic carbocycles. The van der Waals surface area contributed by atoms with Crippen molar-refractivity contribution in [2.45, 2.75) is 75.4 Å². The van der Waals surface area contributed by atoms with Crippen molar-refractivity contribution in [1.82, 2.24) is 20.6 Å². The molecule has 5 aliphatic rings. The van der Waals surface area contributed by atoms with Crippen LogP contribution in [0.3, 0.4) is 0 Å². The molecule has 1 spiro atoms. The summed E-state index contributed by atoms with van der Waals surface area (Å²) >= 11 is 14.0. The summed E-state index contributed by atoms with van der Waals surface area (Å²) in [7, 11) is 0. The Morgan fingerprint density at radius 1 is 1.00 bits per heavy atom. The van der Waals surface area contributed by atoms with E-state index in [9.17, 15) is 14.7 Å². The molecule has 12 nitrogen and oxygen atoms in total. The lowest BCUT2D eigenvalue weighted by atomic mass is 9.72. The Morgan fingerprint density at radius 3 is 2.59 bits per heavy atom. The third kappa shape index (κ3) is 4.53.